The van der Waals surface area contributed by atoms with Crippen LogP contribution in [0.3, 0.4) is 0 Å². The molecule has 4 nitrogen and oxygen atoms in total. The number of carbonyl (C=O) groups is 2. The highest BCUT2D eigenvalue weighted by Crippen LogP contribution is 2.28. The number of ether oxygens (including phenoxy) is 2. The third-order valence-electron chi connectivity index (χ3n) is 2.83. The van der Waals surface area contributed by atoms with E-state index in [1.54, 1.807) is 11.8 Å². The summed E-state index contributed by atoms with van der Waals surface area (Å²) in [6.07, 6.45) is 0.323. The second kappa shape index (κ2) is 6.61. The van der Waals surface area contributed by atoms with Gasteiger partial charge in [0.2, 0.25) is 0 Å². The van der Waals surface area contributed by atoms with E-state index in [2.05, 4.69) is 0 Å². The van der Waals surface area contributed by atoms with Gasteiger partial charge in [-0.2, -0.15) is 0 Å². The van der Waals surface area contributed by atoms with Gasteiger partial charge in [0.1, 0.15) is 12.7 Å². The minimum absolute atomic E-state index is 0.120. The van der Waals surface area contributed by atoms with Gasteiger partial charge in [0, 0.05) is 24.0 Å². The molecule has 1 aliphatic heterocycles. The molecule has 1 heterocycles. The molecule has 0 amide bonds. The maximum absolute atomic E-state index is 11.7. The quantitative estimate of drug-likeness (QED) is 0.612. The van der Waals surface area contributed by atoms with Gasteiger partial charge >= 0.3 is 11.9 Å². The lowest BCUT2D eigenvalue weighted by atomic mass is 10.1. The Kier molecular flexibility index (Phi) is 4.85. The van der Waals surface area contributed by atoms with E-state index >= 15 is 0 Å². The molecule has 5 heteroatoms. The van der Waals surface area contributed by atoms with Gasteiger partial charge < -0.3 is 9.47 Å². The van der Waals surface area contributed by atoms with Gasteiger partial charge in [0.25, 0.3) is 0 Å². The van der Waals surface area contributed by atoms with Crippen molar-refractivity contribution in [3.63, 3.8) is 0 Å². The van der Waals surface area contributed by atoms with E-state index in [0.29, 0.717) is 12.2 Å². The van der Waals surface area contributed by atoms with Crippen LogP contribution in [0.4, 0.5) is 0 Å². The van der Waals surface area contributed by atoms with E-state index in [1.165, 1.54) is 6.92 Å². The van der Waals surface area contributed by atoms with E-state index in [4.69, 9.17) is 9.47 Å². The minimum atomic E-state index is -0.349. The Morgan fingerprint density at radius 1 is 1.42 bits per heavy atom. The van der Waals surface area contributed by atoms with Crippen LogP contribution < -0.4 is 0 Å². The molecular formula is C14H16O4S. The Morgan fingerprint density at radius 2 is 2.16 bits per heavy atom. The molecule has 102 valence electrons. The molecule has 0 bridgehead atoms. The number of rotatable bonds is 5. The summed E-state index contributed by atoms with van der Waals surface area (Å²) in [6, 6.07) is 9.93. The number of esters is 2. The molecule has 2 rings (SSSR count). The van der Waals surface area contributed by atoms with Crippen molar-refractivity contribution in [1.29, 1.82) is 0 Å². The number of benzene rings is 1. The summed E-state index contributed by atoms with van der Waals surface area (Å²) >= 11 is 1.64. The van der Waals surface area contributed by atoms with Crippen molar-refractivity contribution in [2.45, 2.75) is 24.3 Å². The van der Waals surface area contributed by atoms with Crippen LogP contribution in [0, 0.1) is 5.92 Å². The van der Waals surface area contributed by atoms with Crippen LogP contribution in [-0.4, -0.2) is 30.4 Å². The maximum atomic E-state index is 11.7. The Morgan fingerprint density at radius 3 is 2.84 bits per heavy atom. The van der Waals surface area contributed by atoms with Crippen LogP contribution in [0.25, 0.3) is 0 Å². The number of hydrogen-bond acceptors (Lipinski definition) is 5. The first-order valence-corrected chi connectivity index (χ1v) is 7.15. The molecule has 2 atom stereocenters. The fourth-order valence-corrected chi connectivity index (χ4v) is 2.90. The fourth-order valence-electron chi connectivity index (χ4n) is 1.88. The molecular weight excluding hydrogens is 264 g/mol. The summed E-state index contributed by atoms with van der Waals surface area (Å²) in [5, 5.41) is 0. The average molecular weight is 280 g/mol. The third-order valence-corrected chi connectivity index (χ3v) is 4.00. The van der Waals surface area contributed by atoms with Crippen LogP contribution in [0.15, 0.2) is 35.2 Å². The Balaban J connectivity index is 1.78. The number of carbonyl (C=O) groups excluding carboxylic acids is 2. The maximum Gasteiger partial charge on any atom is 0.310 e. The molecule has 1 aromatic rings. The second-order valence-electron chi connectivity index (χ2n) is 4.42. The van der Waals surface area contributed by atoms with E-state index in [9.17, 15) is 9.59 Å². The zero-order chi connectivity index (χ0) is 13.7. The van der Waals surface area contributed by atoms with Gasteiger partial charge in [-0.15, -0.1) is 11.8 Å². The SMILES string of the molecule is CC(=O)OC[C@@H]1C[C@@H](CSc2ccccc2)C(=O)O1. The molecule has 1 saturated heterocycles. The molecule has 0 aromatic heterocycles. The van der Waals surface area contributed by atoms with Crippen molar-refractivity contribution in [2.75, 3.05) is 12.4 Å². The molecule has 1 aliphatic rings. The van der Waals surface area contributed by atoms with Gasteiger partial charge in [-0.05, 0) is 12.1 Å². The second-order valence-corrected chi connectivity index (χ2v) is 5.51. The standard InChI is InChI=1S/C14H16O4S/c1-10(15)17-8-12-7-11(14(16)18-12)9-19-13-5-3-2-4-6-13/h2-6,11-12H,7-9H2,1H3/t11-,12-/m0/s1. The smallest absolute Gasteiger partial charge is 0.310 e. The van der Waals surface area contributed by atoms with Crippen molar-refractivity contribution in [3.8, 4) is 0 Å². The summed E-state index contributed by atoms with van der Waals surface area (Å²) in [4.78, 5) is 23.5. The lowest BCUT2D eigenvalue weighted by Crippen LogP contribution is -2.16. The van der Waals surface area contributed by atoms with Gasteiger partial charge in [-0.1, -0.05) is 18.2 Å². The summed E-state index contributed by atoms with van der Waals surface area (Å²) in [5.41, 5.74) is 0. The summed E-state index contributed by atoms with van der Waals surface area (Å²) in [6.45, 7) is 1.51. The van der Waals surface area contributed by atoms with Crippen molar-refractivity contribution < 1.29 is 19.1 Å². The number of thioether (sulfide) groups is 1. The minimum Gasteiger partial charge on any atom is -0.462 e. The number of hydrogen-bond donors (Lipinski definition) is 0. The van der Waals surface area contributed by atoms with E-state index in [-0.39, 0.29) is 30.6 Å². The highest BCUT2D eigenvalue weighted by molar-refractivity contribution is 7.99. The molecule has 0 spiro atoms. The lowest BCUT2D eigenvalue weighted by molar-refractivity contribution is -0.152. The summed E-state index contributed by atoms with van der Waals surface area (Å²) in [5.74, 6) is 0.0314. The van der Waals surface area contributed by atoms with Gasteiger partial charge in [0.15, 0.2) is 0 Å². The molecule has 0 unspecified atom stereocenters. The summed E-state index contributed by atoms with van der Waals surface area (Å²) in [7, 11) is 0. The largest absolute Gasteiger partial charge is 0.462 e. The highest BCUT2D eigenvalue weighted by Gasteiger charge is 2.34. The summed E-state index contributed by atoms with van der Waals surface area (Å²) < 4.78 is 10.0. The first kappa shape index (κ1) is 13.9. The molecule has 19 heavy (non-hydrogen) atoms. The van der Waals surface area contributed by atoms with Crippen LogP contribution in [0.1, 0.15) is 13.3 Å². The van der Waals surface area contributed by atoms with Crippen LogP contribution >= 0.6 is 11.8 Å². The molecule has 1 fully saturated rings. The van der Waals surface area contributed by atoms with Crippen molar-refractivity contribution >= 4 is 23.7 Å². The lowest BCUT2D eigenvalue weighted by Gasteiger charge is -2.08. The van der Waals surface area contributed by atoms with E-state index < -0.39 is 0 Å². The highest BCUT2D eigenvalue weighted by atomic mass is 32.2. The molecule has 0 saturated carbocycles. The first-order chi connectivity index (χ1) is 9.15. The zero-order valence-corrected chi connectivity index (χ0v) is 11.5. The van der Waals surface area contributed by atoms with Crippen molar-refractivity contribution in [3.05, 3.63) is 30.3 Å². The fraction of sp³-hybridized carbons (Fsp3) is 0.429. The Hall–Kier alpha value is -1.49. The Bertz CT molecular complexity index is 446. The molecule has 0 radical (unpaired) electrons. The molecule has 1 aromatic carbocycles. The topological polar surface area (TPSA) is 52.6 Å². The molecule has 0 N–H and O–H groups in total. The van der Waals surface area contributed by atoms with Crippen molar-refractivity contribution in [1.82, 2.24) is 0 Å². The van der Waals surface area contributed by atoms with Crippen molar-refractivity contribution in [2.24, 2.45) is 5.92 Å². The average Bonchev–Trinajstić information content (AvgIpc) is 2.76. The van der Waals surface area contributed by atoms with Gasteiger partial charge in [-0.3, -0.25) is 9.59 Å². The normalized spacial score (nSPS) is 22.1. The predicted octanol–water partition coefficient (Wildman–Crippen LogP) is 2.27. The molecule has 0 aliphatic carbocycles. The monoisotopic (exact) mass is 280 g/mol. The van der Waals surface area contributed by atoms with Gasteiger partial charge in [0.05, 0.1) is 5.92 Å². The van der Waals surface area contributed by atoms with Gasteiger partial charge in [-0.25, -0.2) is 0 Å². The zero-order valence-electron chi connectivity index (χ0n) is 10.7. The first-order valence-electron chi connectivity index (χ1n) is 6.17. The van der Waals surface area contributed by atoms with E-state index in [0.717, 1.165) is 4.90 Å². The van der Waals surface area contributed by atoms with E-state index in [1.807, 2.05) is 30.3 Å². The van der Waals surface area contributed by atoms with Crippen LogP contribution in [0.5, 0.6) is 0 Å². The predicted molar refractivity (Wildman–Crippen MR) is 71.8 cm³/mol. The third kappa shape index (κ3) is 4.28. The Labute approximate surface area is 116 Å². The van der Waals surface area contributed by atoms with Crippen LogP contribution in [-0.2, 0) is 19.1 Å². The number of cyclic esters (lactones) is 1. The van der Waals surface area contributed by atoms with Crippen LogP contribution in [0.2, 0.25) is 0 Å².